The van der Waals surface area contributed by atoms with Gasteiger partial charge in [-0.05, 0) is 62.9 Å². The molecule has 0 saturated carbocycles. The number of carbonyl (C=O) groups excluding carboxylic acids is 2. The second-order valence-corrected chi connectivity index (χ2v) is 10.5. The Bertz CT molecular complexity index is 1070. The number of nitrogens with one attached hydrogen (secondary N) is 1. The number of hydrogen-bond acceptors (Lipinski definition) is 4. The molecule has 0 bridgehead atoms. The fourth-order valence-corrected chi connectivity index (χ4v) is 4.32. The lowest BCUT2D eigenvalue weighted by atomic mass is 10.1. The van der Waals surface area contributed by atoms with E-state index < -0.39 is 28.5 Å². The molecular formula is C25H35N3O4S. The van der Waals surface area contributed by atoms with Crippen LogP contribution in [-0.2, 0) is 32.6 Å². The number of anilines is 1. The zero-order chi connectivity index (χ0) is 24.8. The standard InChI is InChI=1S/C25H35N3O4S/c1-7-21-12-14-23(15-13-21)28(33(6,31)32)17-24(29)27(20(5)25(30)26-18(2)3)16-22-11-9-8-10-19(22)4/h8-15,18,20H,7,16-17H2,1-6H3,(H,26,30)/t20-/m1/s1. The van der Waals surface area contributed by atoms with Crippen LogP contribution in [0.4, 0.5) is 5.69 Å². The van der Waals surface area contributed by atoms with Crippen LogP contribution in [-0.4, -0.2) is 50.0 Å². The molecule has 2 aromatic rings. The number of amides is 2. The lowest BCUT2D eigenvalue weighted by molar-refractivity contribution is -0.139. The van der Waals surface area contributed by atoms with E-state index in [0.29, 0.717) is 5.69 Å². The van der Waals surface area contributed by atoms with Gasteiger partial charge < -0.3 is 10.2 Å². The molecule has 0 aliphatic carbocycles. The minimum Gasteiger partial charge on any atom is -0.352 e. The topological polar surface area (TPSA) is 86.8 Å². The average molecular weight is 474 g/mol. The number of benzene rings is 2. The molecule has 0 aliphatic heterocycles. The van der Waals surface area contributed by atoms with Gasteiger partial charge in [-0.3, -0.25) is 13.9 Å². The van der Waals surface area contributed by atoms with Gasteiger partial charge in [-0.1, -0.05) is 43.3 Å². The van der Waals surface area contributed by atoms with Crippen LogP contribution in [0.25, 0.3) is 0 Å². The van der Waals surface area contributed by atoms with Crippen LogP contribution in [0.3, 0.4) is 0 Å². The van der Waals surface area contributed by atoms with Crippen molar-refractivity contribution in [2.24, 2.45) is 0 Å². The fraction of sp³-hybridized carbons (Fsp3) is 0.440. The van der Waals surface area contributed by atoms with Crippen molar-refractivity contribution in [3.05, 3.63) is 65.2 Å². The first-order valence-corrected chi connectivity index (χ1v) is 13.0. The first-order chi connectivity index (χ1) is 15.4. The Morgan fingerprint density at radius 2 is 1.61 bits per heavy atom. The normalized spacial score (nSPS) is 12.3. The second-order valence-electron chi connectivity index (χ2n) is 8.58. The van der Waals surface area contributed by atoms with Gasteiger partial charge in [0.1, 0.15) is 12.6 Å². The molecule has 180 valence electrons. The summed E-state index contributed by atoms with van der Waals surface area (Å²) in [6.07, 6.45) is 1.90. The highest BCUT2D eigenvalue weighted by atomic mass is 32.2. The molecule has 0 aliphatic rings. The fourth-order valence-electron chi connectivity index (χ4n) is 3.47. The summed E-state index contributed by atoms with van der Waals surface area (Å²) in [6, 6.07) is 13.9. The molecule has 1 N–H and O–H groups in total. The molecule has 7 nitrogen and oxygen atoms in total. The number of sulfonamides is 1. The van der Waals surface area contributed by atoms with Crippen LogP contribution in [0.5, 0.6) is 0 Å². The van der Waals surface area contributed by atoms with E-state index in [1.165, 1.54) is 4.90 Å². The Balaban J connectivity index is 2.39. The predicted molar refractivity (Wildman–Crippen MR) is 132 cm³/mol. The van der Waals surface area contributed by atoms with Crippen molar-refractivity contribution in [2.45, 2.75) is 59.7 Å². The number of rotatable bonds is 10. The molecule has 0 radical (unpaired) electrons. The van der Waals surface area contributed by atoms with Crippen molar-refractivity contribution in [1.29, 1.82) is 0 Å². The van der Waals surface area contributed by atoms with Crippen LogP contribution >= 0.6 is 0 Å². The molecule has 0 heterocycles. The molecule has 2 amide bonds. The zero-order valence-electron chi connectivity index (χ0n) is 20.3. The Labute approximate surface area is 197 Å². The second kappa shape index (κ2) is 11.3. The van der Waals surface area contributed by atoms with Crippen LogP contribution < -0.4 is 9.62 Å². The van der Waals surface area contributed by atoms with Crippen LogP contribution in [0.15, 0.2) is 48.5 Å². The minimum absolute atomic E-state index is 0.0834. The molecule has 33 heavy (non-hydrogen) atoms. The summed E-state index contributed by atoms with van der Waals surface area (Å²) in [4.78, 5) is 27.7. The van der Waals surface area contributed by atoms with E-state index in [1.54, 1.807) is 19.1 Å². The molecule has 2 aromatic carbocycles. The van der Waals surface area contributed by atoms with E-state index in [4.69, 9.17) is 0 Å². The molecule has 1 atom stereocenters. The van der Waals surface area contributed by atoms with Crippen LogP contribution in [0.2, 0.25) is 0 Å². The maximum absolute atomic E-state index is 13.5. The van der Waals surface area contributed by atoms with Gasteiger partial charge in [-0.25, -0.2) is 8.42 Å². The minimum atomic E-state index is -3.73. The first-order valence-electron chi connectivity index (χ1n) is 11.1. The Morgan fingerprint density at radius 1 is 1.00 bits per heavy atom. The van der Waals surface area contributed by atoms with Crippen LogP contribution in [0.1, 0.15) is 44.4 Å². The zero-order valence-corrected chi connectivity index (χ0v) is 21.1. The van der Waals surface area contributed by atoms with Gasteiger partial charge in [0.2, 0.25) is 21.8 Å². The Hall–Kier alpha value is -2.87. The van der Waals surface area contributed by atoms with E-state index >= 15 is 0 Å². The number of hydrogen-bond donors (Lipinski definition) is 1. The smallest absolute Gasteiger partial charge is 0.244 e. The average Bonchev–Trinajstić information content (AvgIpc) is 2.75. The quantitative estimate of drug-likeness (QED) is 0.574. The molecular weight excluding hydrogens is 438 g/mol. The summed E-state index contributed by atoms with van der Waals surface area (Å²) >= 11 is 0. The number of nitrogens with zero attached hydrogens (tertiary/aromatic N) is 2. The van der Waals surface area contributed by atoms with Gasteiger partial charge in [0.25, 0.3) is 0 Å². The lowest BCUT2D eigenvalue weighted by Gasteiger charge is -2.32. The highest BCUT2D eigenvalue weighted by Gasteiger charge is 2.30. The van der Waals surface area contributed by atoms with E-state index in [0.717, 1.165) is 33.7 Å². The van der Waals surface area contributed by atoms with Gasteiger partial charge in [-0.15, -0.1) is 0 Å². The molecule has 0 spiro atoms. The van der Waals surface area contributed by atoms with Gasteiger partial charge in [-0.2, -0.15) is 0 Å². The van der Waals surface area contributed by atoms with Gasteiger partial charge in [0.05, 0.1) is 11.9 Å². The summed E-state index contributed by atoms with van der Waals surface area (Å²) in [7, 11) is -3.73. The van der Waals surface area contributed by atoms with E-state index in [9.17, 15) is 18.0 Å². The SMILES string of the molecule is CCc1ccc(N(CC(=O)N(Cc2ccccc2C)[C@H](C)C(=O)NC(C)C)S(C)(=O)=O)cc1. The maximum atomic E-state index is 13.5. The van der Waals surface area contributed by atoms with Crippen LogP contribution in [0, 0.1) is 6.92 Å². The molecule has 0 unspecified atom stereocenters. The highest BCUT2D eigenvalue weighted by molar-refractivity contribution is 7.92. The van der Waals surface area contributed by atoms with Crippen molar-refractivity contribution in [2.75, 3.05) is 17.1 Å². The molecule has 0 saturated heterocycles. The van der Waals surface area contributed by atoms with Crippen molar-refractivity contribution in [3.63, 3.8) is 0 Å². The molecule has 0 aromatic heterocycles. The third kappa shape index (κ3) is 7.32. The predicted octanol–water partition coefficient (Wildman–Crippen LogP) is 3.27. The van der Waals surface area contributed by atoms with Crippen molar-refractivity contribution in [3.8, 4) is 0 Å². The van der Waals surface area contributed by atoms with Gasteiger partial charge in [0, 0.05) is 12.6 Å². The summed E-state index contributed by atoms with van der Waals surface area (Å²) in [5.41, 5.74) is 3.37. The molecule has 8 heteroatoms. The summed E-state index contributed by atoms with van der Waals surface area (Å²) < 4.78 is 26.3. The summed E-state index contributed by atoms with van der Waals surface area (Å²) in [6.45, 7) is 9.12. The summed E-state index contributed by atoms with van der Waals surface area (Å²) in [5, 5.41) is 2.84. The van der Waals surface area contributed by atoms with Gasteiger partial charge >= 0.3 is 0 Å². The monoisotopic (exact) mass is 473 g/mol. The largest absolute Gasteiger partial charge is 0.352 e. The van der Waals surface area contributed by atoms with Gasteiger partial charge in [0.15, 0.2) is 0 Å². The van der Waals surface area contributed by atoms with E-state index in [1.807, 2.05) is 64.1 Å². The first kappa shape index (κ1) is 26.4. The third-order valence-corrected chi connectivity index (χ3v) is 6.65. The number of aryl methyl sites for hydroxylation is 2. The lowest BCUT2D eigenvalue weighted by Crippen LogP contribution is -2.52. The molecule has 2 rings (SSSR count). The van der Waals surface area contributed by atoms with Crippen molar-refractivity contribution >= 4 is 27.5 Å². The Morgan fingerprint density at radius 3 is 2.12 bits per heavy atom. The van der Waals surface area contributed by atoms with Crippen molar-refractivity contribution in [1.82, 2.24) is 10.2 Å². The number of carbonyl (C=O) groups is 2. The summed E-state index contributed by atoms with van der Waals surface area (Å²) in [5.74, 6) is -0.736. The van der Waals surface area contributed by atoms with E-state index in [2.05, 4.69) is 5.32 Å². The van der Waals surface area contributed by atoms with Crippen molar-refractivity contribution < 1.29 is 18.0 Å². The maximum Gasteiger partial charge on any atom is 0.244 e. The third-order valence-electron chi connectivity index (χ3n) is 5.51. The Kier molecular flexibility index (Phi) is 9.05. The highest BCUT2D eigenvalue weighted by Crippen LogP contribution is 2.20. The molecule has 0 fully saturated rings. The van der Waals surface area contributed by atoms with E-state index in [-0.39, 0.29) is 18.5 Å².